The molecule has 118 valence electrons. The fourth-order valence-corrected chi connectivity index (χ4v) is 2.57. The molecule has 1 rings (SSSR count). The highest BCUT2D eigenvalue weighted by Gasteiger charge is 2.38. The van der Waals surface area contributed by atoms with Crippen LogP contribution in [0.4, 0.5) is 13.2 Å². The van der Waals surface area contributed by atoms with Crippen molar-refractivity contribution in [2.45, 2.75) is 64.8 Å². The molecule has 1 aliphatic heterocycles. The lowest BCUT2D eigenvalue weighted by Crippen LogP contribution is -2.47. The molecule has 0 aromatic heterocycles. The monoisotopic (exact) mass is 295 g/mol. The number of carbonyl (C=O) groups excluding carboxylic acids is 1. The molecular formula is C14H24F3NO2. The summed E-state index contributed by atoms with van der Waals surface area (Å²) in [6.45, 7) is 4.55. The minimum Gasteiger partial charge on any atom is -0.378 e. The van der Waals surface area contributed by atoms with Crippen LogP contribution in [-0.4, -0.2) is 42.3 Å². The standard InChI is InChI=1S/C14H24F3NO2/c1-4-5-12-8-11(6-7-20-12)13(19)18(10(2)3)9-14(15,16)17/h10-12H,4-9H2,1-3H3/t11-,12+/m1/s1. The molecule has 0 radical (unpaired) electrons. The van der Waals surface area contributed by atoms with Gasteiger partial charge in [-0.1, -0.05) is 13.3 Å². The summed E-state index contributed by atoms with van der Waals surface area (Å²) < 4.78 is 43.3. The first-order valence-corrected chi connectivity index (χ1v) is 7.23. The van der Waals surface area contributed by atoms with Crippen molar-refractivity contribution in [2.24, 2.45) is 5.92 Å². The Morgan fingerprint density at radius 2 is 2.05 bits per heavy atom. The molecule has 1 amide bonds. The first-order valence-electron chi connectivity index (χ1n) is 7.23. The third-order valence-corrected chi connectivity index (χ3v) is 3.58. The summed E-state index contributed by atoms with van der Waals surface area (Å²) in [5.41, 5.74) is 0. The lowest BCUT2D eigenvalue weighted by atomic mass is 9.92. The second-order valence-electron chi connectivity index (χ2n) is 5.68. The van der Waals surface area contributed by atoms with Gasteiger partial charge in [0.2, 0.25) is 5.91 Å². The van der Waals surface area contributed by atoms with Gasteiger partial charge < -0.3 is 9.64 Å². The Morgan fingerprint density at radius 3 is 2.55 bits per heavy atom. The fraction of sp³-hybridized carbons (Fsp3) is 0.929. The quantitative estimate of drug-likeness (QED) is 0.778. The number of halogens is 3. The maximum Gasteiger partial charge on any atom is 0.406 e. The summed E-state index contributed by atoms with van der Waals surface area (Å²) in [5, 5.41) is 0. The summed E-state index contributed by atoms with van der Waals surface area (Å²) in [4.78, 5) is 13.3. The average Bonchev–Trinajstić information content (AvgIpc) is 2.34. The molecule has 0 spiro atoms. The number of nitrogens with zero attached hydrogens (tertiary/aromatic N) is 1. The number of carbonyl (C=O) groups is 1. The van der Waals surface area contributed by atoms with Crippen LogP contribution < -0.4 is 0 Å². The maximum absolute atomic E-state index is 12.6. The Hall–Kier alpha value is -0.780. The van der Waals surface area contributed by atoms with Crippen LogP contribution in [0.3, 0.4) is 0 Å². The van der Waals surface area contributed by atoms with E-state index in [0.717, 1.165) is 17.7 Å². The highest BCUT2D eigenvalue weighted by atomic mass is 19.4. The molecule has 0 saturated carbocycles. The van der Waals surface area contributed by atoms with Crippen LogP contribution in [0, 0.1) is 5.92 Å². The van der Waals surface area contributed by atoms with Gasteiger partial charge in [-0.25, -0.2) is 0 Å². The van der Waals surface area contributed by atoms with Crippen LogP contribution in [0.1, 0.15) is 46.5 Å². The molecule has 0 aromatic carbocycles. The van der Waals surface area contributed by atoms with Crippen LogP contribution in [0.2, 0.25) is 0 Å². The van der Waals surface area contributed by atoms with E-state index in [4.69, 9.17) is 4.74 Å². The second kappa shape index (κ2) is 7.29. The second-order valence-corrected chi connectivity index (χ2v) is 5.68. The molecule has 0 aromatic rings. The van der Waals surface area contributed by atoms with Gasteiger partial charge in [0.25, 0.3) is 0 Å². The van der Waals surface area contributed by atoms with Gasteiger partial charge in [0, 0.05) is 18.6 Å². The first kappa shape index (κ1) is 17.3. The van der Waals surface area contributed by atoms with Crippen molar-refractivity contribution in [2.75, 3.05) is 13.2 Å². The van der Waals surface area contributed by atoms with Crippen molar-refractivity contribution in [1.29, 1.82) is 0 Å². The highest BCUT2D eigenvalue weighted by Crippen LogP contribution is 2.27. The SMILES string of the molecule is CCC[C@H]1C[C@H](C(=O)N(CC(F)(F)F)C(C)C)CCO1. The van der Waals surface area contributed by atoms with Gasteiger partial charge in [-0.05, 0) is 33.1 Å². The molecule has 1 saturated heterocycles. The molecule has 0 N–H and O–H groups in total. The Balaban J connectivity index is 2.69. The summed E-state index contributed by atoms with van der Waals surface area (Å²) in [5.74, 6) is -0.730. The Bertz CT molecular complexity index is 316. The highest BCUT2D eigenvalue weighted by molar-refractivity contribution is 5.79. The van der Waals surface area contributed by atoms with E-state index in [-0.39, 0.29) is 17.9 Å². The lowest BCUT2D eigenvalue weighted by molar-refractivity contribution is -0.169. The van der Waals surface area contributed by atoms with Crippen molar-refractivity contribution < 1.29 is 22.7 Å². The van der Waals surface area contributed by atoms with Gasteiger partial charge in [-0.3, -0.25) is 4.79 Å². The molecule has 3 nitrogen and oxygen atoms in total. The Kier molecular flexibility index (Phi) is 6.30. The molecule has 1 fully saturated rings. The number of amides is 1. The van der Waals surface area contributed by atoms with Crippen LogP contribution >= 0.6 is 0 Å². The predicted molar refractivity (Wildman–Crippen MR) is 70.3 cm³/mol. The van der Waals surface area contributed by atoms with Gasteiger partial charge >= 0.3 is 6.18 Å². The molecular weight excluding hydrogens is 271 g/mol. The molecule has 6 heteroatoms. The maximum atomic E-state index is 12.6. The zero-order chi connectivity index (χ0) is 15.3. The lowest BCUT2D eigenvalue weighted by Gasteiger charge is -2.35. The van der Waals surface area contributed by atoms with E-state index in [9.17, 15) is 18.0 Å². The van der Waals surface area contributed by atoms with Crippen LogP contribution in [-0.2, 0) is 9.53 Å². The number of hydrogen-bond acceptors (Lipinski definition) is 2. The van der Waals surface area contributed by atoms with E-state index in [1.807, 2.05) is 6.92 Å². The Labute approximate surface area is 118 Å². The zero-order valence-electron chi connectivity index (χ0n) is 12.4. The average molecular weight is 295 g/mol. The molecule has 1 aliphatic rings. The third-order valence-electron chi connectivity index (χ3n) is 3.58. The third kappa shape index (κ3) is 5.31. The first-order chi connectivity index (χ1) is 9.24. The number of hydrogen-bond donors (Lipinski definition) is 0. The summed E-state index contributed by atoms with van der Waals surface area (Å²) in [6.07, 6.45) is -1.50. The molecule has 0 unspecified atom stereocenters. The molecule has 1 heterocycles. The van der Waals surface area contributed by atoms with Crippen molar-refractivity contribution in [3.05, 3.63) is 0 Å². The van der Waals surface area contributed by atoms with E-state index in [0.29, 0.717) is 19.4 Å². The summed E-state index contributed by atoms with van der Waals surface area (Å²) in [7, 11) is 0. The minimum absolute atomic E-state index is 0.00241. The summed E-state index contributed by atoms with van der Waals surface area (Å²) >= 11 is 0. The molecule has 0 aliphatic carbocycles. The zero-order valence-corrected chi connectivity index (χ0v) is 12.4. The number of rotatable bonds is 5. The number of alkyl halides is 3. The predicted octanol–water partition coefficient (Wildman–Crippen LogP) is 3.38. The minimum atomic E-state index is -4.35. The van der Waals surface area contributed by atoms with E-state index in [1.54, 1.807) is 13.8 Å². The Morgan fingerprint density at radius 1 is 1.40 bits per heavy atom. The van der Waals surface area contributed by atoms with Crippen molar-refractivity contribution >= 4 is 5.91 Å². The molecule has 2 atom stereocenters. The fourth-order valence-electron chi connectivity index (χ4n) is 2.57. The molecule has 20 heavy (non-hydrogen) atoms. The van der Waals surface area contributed by atoms with Crippen molar-refractivity contribution in [1.82, 2.24) is 4.90 Å². The smallest absolute Gasteiger partial charge is 0.378 e. The summed E-state index contributed by atoms with van der Waals surface area (Å²) in [6, 6.07) is -0.448. The van der Waals surface area contributed by atoms with E-state index in [2.05, 4.69) is 0 Å². The van der Waals surface area contributed by atoms with Gasteiger partial charge in [0.05, 0.1) is 6.10 Å². The van der Waals surface area contributed by atoms with Gasteiger partial charge in [0.1, 0.15) is 6.54 Å². The van der Waals surface area contributed by atoms with Gasteiger partial charge in [-0.2, -0.15) is 13.2 Å². The van der Waals surface area contributed by atoms with Crippen LogP contribution in [0.25, 0.3) is 0 Å². The van der Waals surface area contributed by atoms with Crippen molar-refractivity contribution in [3.63, 3.8) is 0 Å². The van der Waals surface area contributed by atoms with Crippen LogP contribution in [0.15, 0.2) is 0 Å². The van der Waals surface area contributed by atoms with Gasteiger partial charge in [-0.15, -0.1) is 0 Å². The van der Waals surface area contributed by atoms with E-state index in [1.165, 1.54) is 0 Å². The van der Waals surface area contributed by atoms with E-state index >= 15 is 0 Å². The number of ether oxygens (including phenoxy) is 1. The normalized spacial score (nSPS) is 23.9. The van der Waals surface area contributed by atoms with Crippen molar-refractivity contribution in [3.8, 4) is 0 Å². The topological polar surface area (TPSA) is 29.5 Å². The van der Waals surface area contributed by atoms with Crippen LogP contribution in [0.5, 0.6) is 0 Å². The molecule has 0 bridgehead atoms. The van der Waals surface area contributed by atoms with E-state index < -0.39 is 18.8 Å². The van der Waals surface area contributed by atoms with Gasteiger partial charge in [0.15, 0.2) is 0 Å². The largest absolute Gasteiger partial charge is 0.406 e.